The summed E-state index contributed by atoms with van der Waals surface area (Å²) >= 11 is 14.0. The first-order valence-electron chi connectivity index (χ1n) is 9.84. The molecule has 7 heteroatoms. The predicted molar refractivity (Wildman–Crippen MR) is 120 cm³/mol. The summed E-state index contributed by atoms with van der Waals surface area (Å²) in [6, 6.07) is 5.67. The highest BCUT2D eigenvalue weighted by Gasteiger charge is 2.22. The quantitative estimate of drug-likeness (QED) is 0.520. The van der Waals surface area contributed by atoms with Crippen LogP contribution in [0.2, 0.25) is 10.0 Å². The lowest BCUT2D eigenvalue weighted by molar-refractivity contribution is 0.0872. The molecule has 1 aromatic carbocycles. The lowest BCUT2D eigenvalue weighted by Gasteiger charge is -2.36. The molecule has 0 radical (unpaired) electrons. The number of hydrogen-bond donors (Lipinski definition) is 0. The summed E-state index contributed by atoms with van der Waals surface area (Å²) in [6.07, 6.45) is 11.8. The van der Waals surface area contributed by atoms with Crippen molar-refractivity contribution in [3.63, 3.8) is 0 Å². The van der Waals surface area contributed by atoms with Crippen molar-refractivity contribution in [2.24, 2.45) is 0 Å². The number of nitrogens with zero attached hydrogens (tertiary/aromatic N) is 2. The molecule has 0 bridgehead atoms. The smallest absolute Gasteiger partial charge is 0.231 e. The zero-order chi connectivity index (χ0) is 20.1. The summed E-state index contributed by atoms with van der Waals surface area (Å²) in [7, 11) is 0. The number of piperazine rings is 1. The van der Waals surface area contributed by atoms with E-state index in [4.69, 9.17) is 32.7 Å². The zero-order valence-electron chi connectivity index (χ0n) is 16.2. The van der Waals surface area contributed by atoms with Gasteiger partial charge in [0.05, 0.1) is 5.02 Å². The fourth-order valence-corrected chi connectivity index (χ4v) is 4.96. The Morgan fingerprint density at radius 2 is 1.90 bits per heavy atom. The van der Waals surface area contributed by atoms with Gasteiger partial charge in [-0.15, -0.1) is 11.8 Å². The standard InChI is InChI=1S/C22H24Cl2N2O2S/c23-18-6-7-21(19(24)14-18)29-13-12-25-8-10-26(11-9-25)22-16-27-20(15-28-22)17-4-2-1-3-5-17/h1-2,4,6-7,14-16H,3,5,8-13H2. The highest BCUT2D eigenvalue weighted by atomic mass is 35.5. The molecule has 1 fully saturated rings. The first-order chi connectivity index (χ1) is 14.2. The second-order valence-corrected chi connectivity index (χ2v) is 9.06. The van der Waals surface area contributed by atoms with Gasteiger partial charge in [0.1, 0.15) is 6.26 Å². The third kappa shape index (κ3) is 5.54. The van der Waals surface area contributed by atoms with Gasteiger partial charge in [0.25, 0.3) is 0 Å². The number of ether oxygens (including phenoxy) is 2. The summed E-state index contributed by atoms with van der Waals surface area (Å²) in [5, 5.41) is 1.40. The minimum atomic E-state index is 0.674. The third-order valence-electron chi connectivity index (χ3n) is 5.15. The highest BCUT2D eigenvalue weighted by Crippen LogP contribution is 2.30. The van der Waals surface area contributed by atoms with E-state index in [1.54, 1.807) is 30.4 Å². The predicted octanol–water partition coefficient (Wildman–Crippen LogP) is 5.67. The maximum atomic E-state index is 6.25. The van der Waals surface area contributed by atoms with Crippen molar-refractivity contribution in [2.75, 3.05) is 38.5 Å². The van der Waals surface area contributed by atoms with Crippen LogP contribution in [-0.2, 0) is 9.47 Å². The van der Waals surface area contributed by atoms with E-state index in [0.717, 1.165) is 72.9 Å². The van der Waals surface area contributed by atoms with Gasteiger partial charge >= 0.3 is 0 Å². The van der Waals surface area contributed by atoms with Crippen LogP contribution in [0.4, 0.5) is 0 Å². The summed E-state index contributed by atoms with van der Waals surface area (Å²) in [4.78, 5) is 5.79. The second kappa shape index (κ2) is 9.98. The first-order valence-corrected chi connectivity index (χ1v) is 11.6. The molecule has 0 amide bonds. The van der Waals surface area contributed by atoms with E-state index >= 15 is 0 Å². The van der Waals surface area contributed by atoms with Crippen LogP contribution >= 0.6 is 35.0 Å². The van der Waals surface area contributed by atoms with Crippen molar-refractivity contribution in [3.8, 4) is 0 Å². The van der Waals surface area contributed by atoms with Gasteiger partial charge in [0, 0.05) is 48.4 Å². The first kappa shape index (κ1) is 20.7. The van der Waals surface area contributed by atoms with Crippen LogP contribution in [0.3, 0.4) is 0 Å². The Bertz CT molecular complexity index is 858. The minimum Gasteiger partial charge on any atom is -0.456 e. The maximum absolute atomic E-state index is 6.25. The SMILES string of the molecule is Clc1ccc(SCCN2CCN(C3=COC(C4=CC=CCC4)=CO3)CC2)c(Cl)c1. The molecule has 0 spiro atoms. The summed E-state index contributed by atoms with van der Waals surface area (Å²) in [6.45, 7) is 4.89. The van der Waals surface area contributed by atoms with E-state index in [1.807, 2.05) is 12.1 Å². The molecule has 154 valence electrons. The van der Waals surface area contributed by atoms with E-state index in [-0.39, 0.29) is 0 Å². The molecule has 0 unspecified atom stereocenters. The summed E-state index contributed by atoms with van der Waals surface area (Å²) in [5.41, 5.74) is 1.19. The topological polar surface area (TPSA) is 24.9 Å². The molecule has 29 heavy (non-hydrogen) atoms. The fourth-order valence-electron chi connectivity index (χ4n) is 3.46. The van der Waals surface area contributed by atoms with Crippen molar-refractivity contribution in [3.05, 3.63) is 76.2 Å². The van der Waals surface area contributed by atoms with E-state index in [1.165, 1.54) is 5.57 Å². The van der Waals surface area contributed by atoms with Crippen molar-refractivity contribution in [2.45, 2.75) is 17.7 Å². The molecule has 0 N–H and O–H groups in total. The van der Waals surface area contributed by atoms with Crippen molar-refractivity contribution >= 4 is 35.0 Å². The van der Waals surface area contributed by atoms with Gasteiger partial charge in [-0.05, 0) is 36.6 Å². The Hall–Kier alpha value is -1.53. The highest BCUT2D eigenvalue weighted by molar-refractivity contribution is 7.99. The van der Waals surface area contributed by atoms with E-state index in [2.05, 4.69) is 28.0 Å². The monoisotopic (exact) mass is 450 g/mol. The number of benzene rings is 1. The van der Waals surface area contributed by atoms with Crippen molar-refractivity contribution in [1.82, 2.24) is 9.80 Å². The van der Waals surface area contributed by atoms with Gasteiger partial charge in [-0.2, -0.15) is 0 Å². The zero-order valence-corrected chi connectivity index (χ0v) is 18.5. The lowest BCUT2D eigenvalue weighted by Crippen LogP contribution is -2.46. The molecular formula is C22H24Cl2N2O2S. The van der Waals surface area contributed by atoms with E-state index in [0.29, 0.717) is 5.02 Å². The Labute approximate surface area is 186 Å². The van der Waals surface area contributed by atoms with E-state index in [9.17, 15) is 0 Å². The molecule has 1 aromatic rings. The summed E-state index contributed by atoms with van der Waals surface area (Å²) < 4.78 is 11.7. The van der Waals surface area contributed by atoms with Gasteiger partial charge in [-0.1, -0.05) is 41.4 Å². The van der Waals surface area contributed by atoms with Crippen LogP contribution in [0.15, 0.2) is 71.1 Å². The Morgan fingerprint density at radius 3 is 2.59 bits per heavy atom. The third-order valence-corrected chi connectivity index (χ3v) is 6.86. The number of halogens is 2. The molecule has 4 nitrogen and oxygen atoms in total. The number of rotatable bonds is 6. The van der Waals surface area contributed by atoms with Crippen LogP contribution in [0.5, 0.6) is 0 Å². The molecule has 1 aliphatic carbocycles. The Balaban J connectivity index is 1.19. The lowest BCUT2D eigenvalue weighted by atomic mass is 10.0. The maximum Gasteiger partial charge on any atom is 0.231 e. The van der Waals surface area contributed by atoms with Crippen LogP contribution in [0.1, 0.15) is 12.8 Å². The largest absolute Gasteiger partial charge is 0.456 e. The van der Waals surface area contributed by atoms with Gasteiger partial charge in [0.2, 0.25) is 5.88 Å². The average Bonchev–Trinajstić information content (AvgIpc) is 2.76. The number of thioether (sulfide) groups is 1. The minimum absolute atomic E-state index is 0.674. The van der Waals surface area contributed by atoms with Gasteiger partial charge in [0.15, 0.2) is 12.0 Å². The van der Waals surface area contributed by atoms with Gasteiger partial charge in [-0.25, -0.2) is 0 Å². The number of allylic oxidation sites excluding steroid dienone is 4. The molecule has 3 aliphatic rings. The van der Waals surface area contributed by atoms with Crippen LogP contribution in [0.25, 0.3) is 0 Å². The Kier molecular flexibility index (Phi) is 7.14. The Morgan fingerprint density at radius 1 is 1.03 bits per heavy atom. The number of hydrogen-bond acceptors (Lipinski definition) is 5. The van der Waals surface area contributed by atoms with Gasteiger partial charge < -0.3 is 14.4 Å². The van der Waals surface area contributed by atoms with Crippen LogP contribution < -0.4 is 0 Å². The molecule has 0 aromatic heterocycles. The molecular weight excluding hydrogens is 427 g/mol. The normalized spacial score (nSPS) is 19.8. The van der Waals surface area contributed by atoms with Crippen LogP contribution in [0, 0.1) is 0 Å². The fraction of sp³-hybridized carbons (Fsp3) is 0.364. The van der Waals surface area contributed by atoms with Crippen LogP contribution in [-0.4, -0.2) is 48.3 Å². The molecule has 0 saturated carbocycles. The molecule has 2 heterocycles. The second-order valence-electron chi connectivity index (χ2n) is 7.08. The molecule has 2 aliphatic heterocycles. The molecule has 1 saturated heterocycles. The van der Waals surface area contributed by atoms with E-state index < -0.39 is 0 Å². The molecule has 4 rings (SSSR count). The molecule has 0 atom stereocenters. The summed E-state index contributed by atoms with van der Waals surface area (Å²) in [5.74, 6) is 2.61. The van der Waals surface area contributed by atoms with Gasteiger partial charge in [-0.3, -0.25) is 4.90 Å². The van der Waals surface area contributed by atoms with Crippen molar-refractivity contribution in [1.29, 1.82) is 0 Å². The average molecular weight is 451 g/mol. The van der Waals surface area contributed by atoms with Crippen molar-refractivity contribution < 1.29 is 9.47 Å².